The maximum Gasteiger partial charge on any atom is 0.163 e. The average molecular weight is 362 g/mol. The first kappa shape index (κ1) is 17.6. The highest BCUT2D eigenvalue weighted by atomic mass is 16.1. The van der Waals surface area contributed by atoms with Crippen LogP contribution in [0, 0.1) is 5.41 Å². The lowest BCUT2D eigenvalue weighted by Gasteiger charge is -2.34. The van der Waals surface area contributed by atoms with Crippen molar-refractivity contribution in [3.63, 3.8) is 0 Å². The van der Waals surface area contributed by atoms with Crippen molar-refractivity contribution in [1.29, 1.82) is 0 Å². The van der Waals surface area contributed by atoms with Crippen LogP contribution in [-0.4, -0.2) is 24.9 Å². The van der Waals surface area contributed by atoms with Gasteiger partial charge in [-0.05, 0) is 41.7 Å². The molecule has 5 nitrogen and oxygen atoms in total. The minimum absolute atomic E-state index is 0.0467. The van der Waals surface area contributed by atoms with Gasteiger partial charge in [-0.25, -0.2) is 4.98 Å². The Morgan fingerprint density at radius 3 is 2.56 bits per heavy atom. The summed E-state index contributed by atoms with van der Waals surface area (Å²) in [6.45, 7) is 4.30. The van der Waals surface area contributed by atoms with Gasteiger partial charge in [0.15, 0.2) is 5.78 Å². The zero-order valence-corrected chi connectivity index (χ0v) is 16.3. The topological polar surface area (TPSA) is 57.3 Å². The summed E-state index contributed by atoms with van der Waals surface area (Å²) in [5.41, 5.74) is 4.93. The number of benzene rings is 1. The monoisotopic (exact) mass is 362 g/mol. The van der Waals surface area contributed by atoms with Gasteiger partial charge < -0.3 is 15.5 Å². The van der Waals surface area contributed by atoms with Crippen molar-refractivity contribution in [2.75, 3.05) is 29.6 Å². The van der Waals surface area contributed by atoms with Gasteiger partial charge in [0.1, 0.15) is 5.82 Å². The molecule has 2 aromatic rings. The lowest BCUT2D eigenvalue weighted by atomic mass is 9.73. The molecule has 1 aromatic heterocycles. The fraction of sp³-hybridized carbons (Fsp3) is 0.364. The Labute approximate surface area is 160 Å². The van der Waals surface area contributed by atoms with Gasteiger partial charge in [0.25, 0.3) is 0 Å². The smallest absolute Gasteiger partial charge is 0.163 e. The number of ketones is 1. The predicted octanol–water partition coefficient (Wildman–Crippen LogP) is 4.37. The van der Waals surface area contributed by atoms with Gasteiger partial charge in [-0.15, -0.1) is 0 Å². The molecular weight excluding hydrogens is 336 g/mol. The molecule has 1 atom stereocenters. The van der Waals surface area contributed by atoms with E-state index in [1.165, 1.54) is 0 Å². The standard InChI is InChI=1S/C22H26N4O/c1-22(2)12-17-19(18(27)13-22)20(14-7-9-15(10-8-14)26(3)4)25-21-16(24-17)6-5-11-23-21/h5-11,20,24H,12-13H2,1-4H3,(H,23,25)/t20-/m0/s1. The van der Waals surface area contributed by atoms with E-state index in [4.69, 9.17) is 0 Å². The van der Waals surface area contributed by atoms with Crippen LogP contribution in [0.15, 0.2) is 53.9 Å². The summed E-state index contributed by atoms with van der Waals surface area (Å²) in [6.07, 6.45) is 3.18. The van der Waals surface area contributed by atoms with Gasteiger partial charge in [0.05, 0.1) is 11.7 Å². The molecule has 1 aliphatic carbocycles. The molecule has 0 radical (unpaired) electrons. The molecule has 27 heavy (non-hydrogen) atoms. The first-order valence-corrected chi connectivity index (χ1v) is 9.36. The summed E-state index contributed by atoms with van der Waals surface area (Å²) < 4.78 is 0. The van der Waals surface area contributed by atoms with E-state index in [2.05, 4.69) is 58.6 Å². The molecule has 1 aromatic carbocycles. The number of fused-ring (bicyclic) bond motifs is 1. The van der Waals surface area contributed by atoms with E-state index in [1.807, 2.05) is 26.2 Å². The highest BCUT2D eigenvalue weighted by Gasteiger charge is 2.38. The van der Waals surface area contributed by atoms with E-state index in [0.717, 1.165) is 40.4 Å². The summed E-state index contributed by atoms with van der Waals surface area (Å²) in [6, 6.07) is 12.1. The second-order valence-corrected chi connectivity index (χ2v) is 8.42. The second-order valence-electron chi connectivity index (χ2n) is 8.42. The maximum absolute atomic E-state index is 13.1. The average Bonchev–Trinajstić information content (AvgIpc) is 2.77. The molecule has 5 heteroatoms. The third kappa shape index (κ3) is 3.29. The summed E-state index contributed by atoms with van der Waals surface area (Å²) in [7, 11) is 4.05. The van der Waals surface area contributed by atoms with Crippen LogP contribution in [0.3, 0.4) is 0 Å². The summed E-state index contributed by atoms with van der Waals surface area (Å²) in [5, 5.41) is 7.02. The molecule has 140 valence electrons. The molecule has 4 rings (SSSR count). The van der Waals surface area contributed by atoms with Gasteiger partial charge in [-0.1, -0.05) is 26.0 Å². The van der Waals surface area contributed by atoms with Gasteiger partial charge in [-0.3, -0.25) is 4.79 Å². The Bertz CT molecular complexity index is 912. The van der Waals surface area contributed by atoms with Crippen LogP contribution in [0.25, 0.3) is 0 Å². The van der Waals surface area contributed by atoms with Crippen molar-refractivity contribution in [2.45, 2.75) is 32.7 Å². The summed E-state index contributed by atoms with van der Waals surface area (Å²) in [5.74, 6) is 0.981. The zero-order chi connectivity index (χ0) is 19.2. The first-order chi connectivity index (χ1) is 12.8. The molecule has 0 bridgehead atoms. The van der Waals surface area contributed by atoms with Crippen molar-refractivity contribution in [3.05, 3.63) is 59.4 Å². The van der Waals surface area contributed by atoms with Crippen molar-refractivity contribution in [2.24, 2.45) is 5.41 Å². The molecule has 2 heterocycles. The number of Topliss-reactive ketones (excluding diaryl/α,β-unsaturated/α-hetero) is 1. The number of anilines is 3. The van der Waals surface area contributed by atoms with E-state index < -0.39 is 0 Å². The predicted molar refractivity (Wildman–Crippen MR) is 110 cm³/mol. The lowest BCUT2D eigenvalue weighted by molar-refractivity contribution is -0.118. The van der Waals surface area contributed by atoms with Crippen molar-refractivity contribution < 1.29 is 4.79 Å². The van der Waals surface area contributed by atoms with Crippen LogP contribution >= 0.6 is 0 Å². The number of nitrogens with zero attached hydrogens (tertiary/aromatic N) is 2. The van der Waals surface area contributed by atoms with Gasteiger partial charge in [0.2, 0.25) is 0 Å². The third-order valence-corrected chi connectivity index (χ3v) is 5.33. The van der Waals surface area contributed by atoms with E-state index in [-0.39, 0.29) is 17.2 Å². The SMILES string of the molecule is CN(C)c1ccc([C@@H]2Nc3ncccc3NC3=C2C(=O)CC(C)(C)C3)cc1. The van der Waals surface area contributed by atoms with Crippen LogP contribution in [0.4, 0.5) is 17.2 Å². The highest BCUT2D eigenvalue weighted by molar-refractivity contribution is 6.00. The van der Waals surface area contributed by atoms with Crippen molar-refractivity contribution in [3.8, 4) is 0 Å². The Morgan fingerprint density at radius 2 is 1.85 bits per heavy atom. The van der Waals surface area contributed by atoms with Crippen molar-refractivity contribution in [1.82, 2.24) is 4.98 Å². The lowest BCUT2D eigenvalue weighted by Crippen LogP contribution is -2.31. The summed E-state index contributed by atoms with van der Waals surface area (Å²) in [4.78, 5) is 19.7. The Morgan fingerprint density at radius 1 is 1.11 bits per heavy atom. The van der Waals surface area contributed by atoms with Gasteiger partial charge in [-0.2, -0.15) is 0 Å². The maximum atomic E-state index is 13.1. The van der Waals surface area contributed by atoms with E-state index >= 15 is 0 Å². The Balaban J connectivity index is 1.83. The number of aromatic nitrogens is 1. The first-order valence-electron chi connectivity index (χ1n) is 9.36. The Kier molecular flexibility index (Phi) is 4.17. The molecule has 0 fully saturated rings. The number of carbonyl (C=O) groups is 1. The summed E-state index contributed by atoms with van der Waals surface area (Å²) >= 11 is 0. The molecule has 0 amide bonds. The number of hydrogen-bond acceptors (Lipinski definition) is 5. The minimum atomic E-state index is -0.205. The third-order valence-electron chi connectivity index (χ3n) is 5.33. The fourth-order valence-electron chi connectivity index (χ4n) is 3.99. The van der Waals surface area contributed by atoms with Crippen molar-refractivity contribution >= 4 is 23.0 Å². The quantitative estimate of drug-likeness (QED) is 0.831. The molecule has 0 spiro atoms. The van der Waals surface area contributed by atoms with E-state index in [9.17, 15) is 4.79 Å². The van der Waals surface area contributed by atoms with Crippen LogP contribution in [-0.2, 0) is 4.79 Å². The number of pyridine rings is 1. The number of nitrogens with one attached hydrogen (secondary N) is 2. The zero-order valence-electron chi connectivity index (χ0n) is 16.3. The molecule has 2 aliphatic rings. The largest absolute Gasteiger partial charge is 0.378 e. The number of rotatable bonds is 2. The number of hydrogen-bond donors (Lipinski definition) is 2. The van der Waals surface area contributed by atoms with E-state index in [0.29, 0.717) is 6.42 Å². The highest BCUT2D eigenvalue weighted by Crippen LogP contribution is 2.44. The molecular formula is C22H26N4O. The number of carbonyl (C=O) groups excluding carboxylic acids is 1. The normalized spacial score (nSPS) is 20.7. The second kappa shape index (κ2) is 6.41. The van der Waals surface area contributed by atoms with E-state index in [1.54, 1.807) is 6.20 Å². The molecule has 0 unspecified atom stereocenters. The van der Waals surface area contributed by atoms with Crippen LogP contribution < -0.4 is 15.5 Å². The van der Waals surface area contributed by atoms with Crippen LogP contribution in [0.1, 0.15) is 38.3 Å². The Hall–Kier alpha value is -2.82. The van der Waals surface area contributed by atoms with Crippen LogP contribution in [0.2, 0.25) is 0 Å². The van der Waals surface area contributed by atoms with Gasteiger partial charge >= 0.3 is 0 Å². The van der Waals surface area contributed by atoms with Crippen LogP contribution in [0.5, 0.6) is 0 Å². The minimum Gasteiger partial charge on any atom is -0.378 e. The molecule has 1 aliphatic heterocycles. The van der Waals surface area contributed by atoms with Gasteiger partial charge in [0, 0.05) is 43.7 Å². The molecule has 0 saturated carbocycles. The molecule has 0 saturated heterocycles. The number of allylic oxidation sites excluding steroid dienone is 1. The fourth-order valence-corrected chi connectivity index (χ4v) is 3.99. The molecule has 2 N–H and O–H groups in total.